The highest BCUT2D eigenvalue weighted by molar-refractivity contribution is 5.64. The fourth-order valence-electron chi connectivity index (χ4n) is 4.96. The number of ether oxygens (including phenoxy) is 1. The maximum absolute atomic E-state index is 5.84. The molecule has 6 rings (SSSR count). The van der Waals surface area contributed by atoms with Gasteiger partial charge in [-0.3, -0.25) is 0 Å². The lowest BCUT2D eigenvalue weighted by Gasteiger charge is -2.19. The third-order valence-corrected chi connectivity index (χ3v) is 7.34. The van der Waals surface area contributed by atoms with Gasteiger partial charge < -0.3 is 23.6 Å². The fraction of sp³-hybridized carbons (Fsp3) is 0.167. The molecule has 0 unspecified atom stereocenters. The van der Waals surface area contributed by atoms with E-state index in [4.69, 9.17) is 13.8 Å². The summed E-state index contributed by atoms with van der Waals surface area (Å²) in [6, 6.07) is 41.3. The number of benzene rings is 4. The molecular weight excluding hydrogens is 536 g/mol. The van der Waals surface area contributed by atoms with Crippen molar-refractivity contribution in [2.45, 2.75) is 26.3 Å². The van der Waals surface area contributed by atoms with Crippen LogP contribution >= 0.6 is 0 Å². The lowest BCUT2D eigenvalue weighted by Crippen LogP contribution is -2.15. The summed E-state index contributed by atoms with van der Waals surface area (Å²) in [5, 5.41) is 8.47. The van der Waals surface area contributed by atoms with Gasteiger partial charge in [-0.2, -0.15) is 0 Å². The van der Waals surface area contributed by atoms with Crippen molar-refractivity contribution in [2.75, 3.05) is 23.9 Å². The first-order chi connectivity index (χ1) is 21.1. The van der Waals surface area contributed by atoms with E-state index in [-0.39, 0.29) is 13.2 Å². The average molecular weight is 571 g/mol. The normalized spacial score (nSPS) is 11.0. The van der Waals surface area contributed by atoms with Gasteiger partial charge in [0, 0.05) is 61.8 Å². The Morgan fingerprint density at radius 2 is 0.930 bits per heavy atom. The number of hydrogen-bond donors (Lipinski definition) is 0. The van der Waals surface area contributed by atoms with Crippen molar-refractivity contribution in [3.8, 4) is 22.5 Å². The molecule has 7 nitrogen and oxygen atoms in total. The molecule has 0 saturated carbocycles. The second kappa shape index (κ2) is 13.2. The van der Waals surface area contributed by atoms with Crippen molar-refractivity contribution in [1.29, 1.82) is 0 Å². The highest BCUT2D eigenvalue weighted by Gasteiger charge is 2.11. The molecule has 0 aliphatic carbocycles. The summed E-state index contributed by atoms with van der Waals surface area (Å²) < 4.78 is 16.9. The lowest BCUT2D eigenvalue weighted by molar-refractivity contribution is 0.0727. The Labute approximate surface area is 251 Å². The van der Waals surface area contributed by atoms with Crippen molar-refractivity contribution in [3.63, 3.8) is 0 Å². The van der Waals surface area contributed by atoms with E-state index in [0.717, 1.165) is 47.0 Å². The summed E-state index contributed by atoms with van der Waals surface area (Å²) in [6.07, 6.45) is 0. The smallest absolute Gasteiger partial charge is 0.163 e. The van der Waals surface area contributed by atoms with Crippen molar-refractivity contribution in [1.82, 2.24) is 10.3 Å². The maximum Gasteiger partial charge on any atom is 0.163 e. The summed E-state index contributed by atoms with van der Waals surface area (Å²) in [5.41, 5.74) is 8.34. The van der Waals surface area contributed by atoms with Crippen LogP contribution in [-0.2, 0) is 31.0 Å². The van der Waals surface area contributed by atoms with Gasteiger partial charge >= 0.3 is 0 Å². The van der Waals surface area contributed by atoms with Crippen LogP contribution in [0.5, 0.6) is 0 Å². The Balaban J connectivity index is 0.988. The van der Waals surface area contributed by atoms with E-state index in [0.29, 0.717) is 11.5 Å². The van der Waals surface area contributed by atoms with E-state index in [1.807, 2.05) is 24.3 Å². The molecule has 0 saturated heterocycles. The molecule has 0 spiro atoms. The van der Waals surface area contributed by atoms with Gasteiger partial charge in [-0.25, -0.2) is 0 Å². The Morgan fingerprint density at radius 1 is 0.535 bits per heavy atom. The molecular formula is C36H34N4O3. The van der Waals surface area contributed by atoms with E-state index in [9.17, 15) is 0 Å². The molecule has 7 heteroatoms. The minimum Gasteiger partial charge on any atom is -0.370 e. The first-order valence-electron chi connectivity index (χ1n) is 14.3. The molecule has 4 aromatic carbocycles. The topological polar surface area (TPSA) is 67.8 Å². The number of rotatable bonds is 12. The molecule has 6 aromatic rings. The highest BCUT2D eigenvalue weighted by Crippen LogP contribution is 2.26. The Morgan fingerprint density at radius 3 is 1.33 bits per heavy atom. The van der Waals surface area contributed by atoms with Crippen LogP contribution in [0.1, 0.15) is 22.6 Å². The van der Waals surface area contributed by atoms with Gasteiger partial charge in [0.15, 0.2) is 11.5 Å². The molecule has 0 amide bonds. The Kier molecular flexibility index (Phi) is 8.61. The molecule has 2 aromatic heterocycles. The van der Waals surface area contributed by atoms with Gasteiger partial charge in [-0.05, 0) is 35.4 Å². The van der Waals surface area contributed by atoms with Gasteiger partial charge in [0.25, 0.3) is 0 Å². The van der Waals surface area contributed by atoms with Crippen LogP contribution < -0.4 is 9.80 Å². The predicted molar refractivity (Wildman–Crippen MR) is 169 cm³/mol. The van der Waals surface area contributed by atoms with E-state index < -0.39 is 0 Å². The minimum atomic E-state index is 0.281. The molecule has 0 N–H and O–H groups in total. The monoisotopic (exact) mass is 570 g/mol. The second-order valence-electron chi connectivity index (χ2n) is 10.6. The molecule has 216 valence electrons. The molecule has 43 heavy (non-hydrogen) atoms. The summed E-state index contributed by atoms with van der Waals surface area (Å²) in [6.45, 7) is 2.25. The lowest BCUT2D eigenvalue weighted by atomic mass is 10.1. The highest BCUT2D eigenvalue weighted by atomic mass is 16.5. The summed E-state index contributed by atoms with van der Waals surface area (Å²) in [5.74, 6) is 1.30. The van der Waals surface area contributed by atoms with Gasteiger partial charge in [0.1, 0.15) is 24.6 Å². The summed E-state index contributed by atoms with van der Waals surface area (Å²) >= 11 is 0. The third-order valence-electron chi connectivity index (χ3n) is 7.34. The molecule has 0 bridgehead atoms. The minimum absolute atomic E-state index is 0.281. The molecule has 0 fully saturated rings. The van der Waals surface area contributed by atoms with Crippen molar-refractivity contribution in [3.05, 3.63) is 144 Å². The van der Waals surface area contributed by atoms with Crippen molar-refractivity contribution in [2.24, 2.45) is 0 Å². The standard InChI is InChI=1S/C36H34N4O3/c1-39(23-27-9-5-3-6-10-27)31-17-13-29(14-18-31)35-21-33(42-37-35)25-41-26-34-22-36(38-43-34)30-15-19-32(20-16-30)40(2)24-28-11-7-4-8-12-28/h3-22H,23-26H2,1-2H3. The van der Waals surface area contributed by atoms with Crippen molar-refractivity contribution >= 4 is 11.4 Å². The summed E-state index contributed by atoms with van der Waals surface area (Å²) in [4.78, 5) is 4.44. The van der Waals surface area contributed by atoms with E-state index in [1.54, 1.807) is 0 Å². The van der Waals surface area contributed by atoms with Crippen LogP contribution in [-0.4, -0.2) is 24.4 Å². The van der Waals surface area contributed by atoms with Crippen LogP contribution in [0.2, 0.25) is 0 Å². The van der Waals surface area contributed by atoms with Crippen LogP contribution in [0.15, 0.2) is 130 Å². The molecule has 2 heterocycles. The first kappa shape index (κ1) is 28.0. The molecule has 0 aliphatic rings. The number of anilines is 2. The van der Waals surface area contributed by atoms with Gasteiger partial charge in [0.2, 0.25) is 0 Å². The third kappa shape index (κ3) is 7.20. The van der Waals surface area contributed by atoms with E-state index >= 15 is 0 Å². The van der Waals surface area contributed by atoms with Crippen molar-refractivity contribution < 1.29 is 13.8 Å². The van der Waals surface area contributed by atoms with Gasteiger partial charge in [-0.15, -0.1) is 0 Å². The first-order valence-corrected chi connectivity index (χ1v) is 14.3. The van der Waals surface area contributed by atoms with E-state index in [2.05, 4.69) is 131 Å². The number of aromatic nitrogens is 2. The zero-order valence-electron chi connectivity index (χ0n) is 24.4. The Bertz CT molecular complexity index is 1580. The molecule has 0 atom stereocenters. The van der Waals surface area contributed by atoms with Gasteiger partial charge in [0.05, 0.1) is 0 Å². The fourth-order valence-corrected chi connectivity index (χ4v) is 4.96. The van der Waals surface area contributed by atoms with Crippen LogP contribution in [0.3, 0.4) is 0 Å². The summed E-state index contributed by atoms with van der Waals surface area (Å²) in [7, 11) is 4.18. The quantitative estimate of drug-likeness (QED) is 0.148. The number of nitrogens with zero attached hydrogens (tertiary/aromatic N) is 4. The van der Waals surface area contributed by atoms with Crippen LogP contribution in [0.4, 0.5) is 11.4 Å². The van der Waals surface area contributed by atoms with Gasteiger partial charge in [-0.1, -0.05) is 95.2 Å². The number of hydrogen-bond acceptors (Lipinski definition) is 7. The van der Waals surface area contributed by atoms with Crippen LogP contribution in [0.25, 0.3) is 22.5 Å². The van der Waals surface area contributed by atoms with E-state index in [1.165, 1.54) is 11.1 Å². The SMILES string of the molecule is CN(Cc1ccccc1)c1ccc(-c2cc(COCc3cc(-c4ccc(N(C)Cc5ccccc5)cc4)no3)on2)cc1. The molecule has 0 radical (unpaired) electrons. The maximum atomic E-state index is 5.84. The molecule has 0 aliphatic heterocycles. The second-order valence-corrected chi connectivity index (χ2v) is 10.6. The zero-order chi connectivity index (χ0) is 29.4. The zero-order valence-corrected chi connectivity index (χ0v) is 24.4. The largest absolute Gasteiger partial charge is 0.370 e. The van der Waals surface area contributed by atoms with Crippen LogP contribution in [0, 0.1) is 0 Å². The predicted octanol–water partition coefficient (Wildman–Crippen LogP) is 7.99. The Hall–Kier alpha value is -5.14. The average Bonchev–Trinajstić information content (AvgIpc) is 3.73.